The monoisotopic (exact) mass is 188 g/mol. The van der Waals surface area contributed by atoms with Crippen LogP contribution in [0.25, 0.3) is 0 Å². The Morgan fingerprint density at radius 1 is 1.38 bits per heavy atom. The van der Waals surface area contributed by atoms with E-state index in [-0.39, 0.29) is 5.56 Å². The SMILES string of the molecule is FC(F)(F)c1ccnc2c1CCN2. The Balaban J connectivity index is 2.54. The van der Waals surface area contributed by atoms with Crippen molar-refractivity contribution in [3.05, 3.63) is 23.4 Å². The van der Waals surface area contributed by atoms with Crippen molar-refractivity contribution >= 4 is 5.82 Å². The first-order valence-corrected chi connectivity index (χ1v) is 3.88. The van der Waals surface area contributed by atoms with E-state index >= 15 is 0 Å². The van der Waals surface area contributed by atoms with Crippen LogP contribution in [0.5, 0.6) is 0 Å². The van der Waals surface area contributed by atoms with E-state index in [0.29, 0.717) is 18.8 Å². The Hall–Kier alpha value is -1.26. The van der Waals surface area contributed by atoms with E-state index in [1.165, 1.54) is 6.20 Å². The number of rotatable bonds is 0. The van der Waals surface area contributed by atoms with E-state index in [1.807, 2.05) is 0 Å². The highest BCUT2D eigenvalue weighted by Gasteiger charge is 2.35. The molecule has 0 bridgehead atoms. The van der Waals surface area contributed by atoms with Crippen molar-refractivity contribution in [2.24, 2.45) is 0 Å². The Morgan fingerprint density at radius 2 is 2.15 bits per heavy atom. The van der Waals surface area contributed by atoms with Gasteiger partial charge in [0, 0.05) is 18.3 Å². The lowest BCUT2D eigenvalue weighted by Crippen LogP contribution is -2.08. The first-order chi connectivity index (χ1) is 6.09. The third-order valence-corrected chi connectivity index (χ3v) is 2.03. The average molecular weight is 188 g/mol. The number of aromatic nitrogens is 1. The Bertz CT molecular complexity index is 333. The van der Waals surface area contributed by atoms with Crippen LogP contribution >= 0.6 is 0 Å². The van der Waals surface area contributed by atoms with Gasteiger partial charge in [0.05, 0.1) is 5.56 Å². The molecule has 0 spiro atoms. The molecule has 1 aliphatic heterocycles. The highest BCUT2D eigenvalue weighted by atomic mass is 19.4. The topological polar surface area (TPSA) is 24.9 Å². The first kappa shape index (κ1) is 8.34. The molecule has 0 aromatic carbocycles. The van der Waals surface area contributed by atoms with Crippen LogP contribution in [0.15, 0.2) is 12.3 Å². The molecule has 0 radical (unpaired) electrons. The minimum Gasteiger partial charge on any atom is -0.369 e. The zero-order valence-electron chi connectivity index (χ0n) is 6.65. The summed E-state index contributed by atoms with van der Waals surface area (Å²) in [7, 11) is 0. The summed E-state index contributed by atoms with van der Waals surface area (Å²) >= 11 is 0. The van der Waals surface area contributed by atoms with Crippen LogP contribution in [0.3, 0.4) is 0 Å². The van der Waals surface area contributed by atoms with Crippen molar-refractivity contribution in [1.29, 1.82) is 0 Å². The normalized spacial score (nSPS) is 15.3. The summed E-state index contributed by atoms with van der Waals surface area (Å²) in [6, 6.07) is 1.02. The molecule has 0 atom stereocenters. The van der Waals surface area contributed by atoms with Gasteiger partial charge in [-0.1, -0.05) is 0 Å². The molecule has 0 saturated carbocycles. The number of hydrogen-bond acceptors (Lipinski definition) is 2. The molecule has 2 nitrogen and oxygen atoms in total. The highest BCUT2D eigenvalue weighted by Crippen LogP contribution is 2.35. The smallest absolute Gasteiger partial charge is 0.369 e. The van der Waals surface area contributed by atoms with Gasteiger partial charge >= 0.3 is 6.18 Å². The highest BCUT2D eigenvalue weighted by molar-refractivity contribution is 5.53. The van der Waals surface area contributed by atoms with Crippen molar-refractivity contribution in [2.75, 3.05) is 11.9 Å². The summed E-state index contributed by atoms with van der Waals surface area (Å²) < 4.78 is 37.2. The fourth-order valence-electron chi connectivity index (χ4n) is 1.47. The number of hydrogen-bond donors (Lipinski definition) is 1. The van der Waals surface area contributed by atoms with Gasteiger partial charge in [0.25, 0.3) is 0 Å². The summed E-state index contributed by atoms with van der Waals surface area (Å²) in [5.74, 6) is 0.370. The fourth-order valence-corrected chi connectivity index (χ4v) is 1.47. The molecule has 2 rings (SSSR count). The second kappa shape index (κ2) is 2.61. The molecule has 1 aromatic rings. The number of halogens is 3. The molecule has 0 amide bonds. The number of anilines is 1. The Kier molecular flexibility index (Phi) is 1.68. The molecule has 70 valence electrons. The number of nitrogens with zero attached hydrogens (tertiary/aromatic N) is 1. The number of pyridine rings is 1. The average Bonchev–Trinajstić information content (AvgIpc) is 2.48. The lowest BCUT2D eigenvalue weighted by molar-refractivity contribution is -0.138. The number of nitrogens with one attached hydrogen (secondary N) is 1. The predicted molar refractivity (Wildman–Crippen MR) is 41.4 cm³/mol. The van der Waals surface area contributed by atoms with Crippen LogP contribution < -0.4 is 5.32 Å². The molecule has 1 N–H and O–H groups in total. The zero-order valence-corrected chi connectivity index (χ0v) is 6.65. The van der Waals surface area contributed by atoms with Gasteiger partial charge in [0.2, 0.25) is 0 Å². The lowest BCUT2D eigenvalue weighted by Gasteiger charge is -2.09. The predicted octanol–water partition coefficient (Wildman–Crippen LogP) is 2.07. The molecule has 0 fully saturated rings. The standard InChI is InChI=1S/C8H7F3N2/c9-8(10,11)6-2-4-13-7-5(6)1-3-12-7/h2,4H,1,3H2,(H,12,13). The molecular formula is C8H7F3N2. The van der Waals surface area contributed by atoms with Gasteiger partial charge in [-0.2, -0.15) is 13.2 Å². The summed E-state index contributed by atoms with van der Waals surface area (Å²) in [6.07, 6.45) is -2.68. The summed E-state index contributed by atoms with van der Waals surface area (Å²) in [4.78, 5) is 3.82. The largest absolute Gasteiger partial charge is 0.416 e. The van der Waals surface area contributed by atoms with Gasteiger partial charge in [-0.25, -0.2) is 4.98 Å². The van der Waals surface area contributed by atoms with Gasteiger partial charge in [0.1, 0.15) is 5.82 Å². The molecule has 13 heavy (non-hydrogen) atoms. The second-order valence-corrected chi connectivity index (χ2v) is 2.86. The molecule has 2 heterocycles. The molecule has 0 saturated heterocycles. The zero-order chi connectivity index (χ0) is 9.47. The summed E-state index contributed by atoms with van der Waals surface area (Å²) in [5, 5.41) is 2.80. The van der Waals surface area contributed by atoms with Crippen LogP contribution in [-0.2, 0) is 12.6 Å². The number of alkyl halides is 3. The summed E-state index contributed by atoms with van der Waals surface area (Å²) in [6.45, 7) is 0.537. The van der Waals surface area contributed by atoms with Crippen molar-refractivity contribution in [3.63, 3.8) is 0 Å². The molecular weight excluding hydrogens is 181 g/mol. The van der Waals surface area contributed by atoms with E-state index in [0.717, 1.165) is 6.07 Å². The maximum Gasteiger partial charge on any atom is 0.416 e. The van der Waals surface area contributed by atoms with Crippen molar-refractivity contribution in [2.45, 2.75) is 12.6 Å². The van der Waals surface area contributed by atoms with Gasteiger partial charge in [0.15, 0.2) is 0 Å². The lowest BCUT2D eigenvalue weighted by atomic mass is 10.1. The first-order valence-electron chi connectivity index (χ1n) is 3.88. The second-order valence-electron chi connectivity index (χ2n) is 2.86. The third-order valence-electron chi connectivity index (χ3n) is 2.03. The van der Waals surface area contributed by atoms with Crippen molar-refractivity contribution in [1.82, 2.24) is 4.98 Å². The van der Waals surface area contributed by atoms with Gasteiger partial charge < -0.3 is 5.32 Å². The van der Waals surface area contributed by atoms with Crippen LogP contribution in [0.4, 0.5) is 19.0 Å². The maximum absolute atomic E-state index is 12.4. The van der Waals surface area contributed by atoms with Gasteiger partial charge in [-0.15, -0.1) is 0 Å². The molecule has 1 aliphatic rings. The molecule has 1 aromatic heterocycles. The summed E-state index contributed by atoms with van der Waals surface area (Å²) in [5.41, 5.74) is -0.280. The van der Waals surface area contributed by atoms with Crippen LogP contribution in [0.2, 0.25) is 0 Å². The van der Waals surface area contributed by atoms with E-state index < -0.39 is 11.7 Å². The maximum atomic E-state index is 12.4. The Morgan fingerprint density at radius 3 is 2.85 bits per heavy atom. The van der Waals surface area contributed by atoms with Gasteiger partial charge in [-0.05, 0) is 12.5 Å². The van der Waals surface area contributed by atoms with E-state index in [9.17, 15) is 13.2 Å². The van der Waals surface area contributed by atoms with Crippen LogP contribution in [0.1, 0.15) is 11.1 Å². The fraction of sp³-hybridized carbons (Fsp3) is 0.375. The van der Waals surface area contributed by atoms with Crippen molar-refractivity contribution in [3.8, 4) is 0 Å². The molecule has 5 heteroatoms. The molecule has 0 aliphatic carbocycles. The minimum atomic E-state index is -4.26. The van der Waals surface area contributed by atoms with Crippen LogP contribution in [-0.4, -0.2) is 11.5 Å². The molecule has 0 unspecified atom stereocenters. The van der Waals surface area contributed by atoms with E-state index in [1.54, 1.807) is 0 Å². The number of fused-ring (bicyclic) bond motifs is 1. The Labute approximate surface area is 72.8 Å². The van der Waals surface area contributed by atoms with Crippen molar-refractivity contribution < 1.29 is 13.2 Å². The van der Waals surface area contributed by atoms with E-state index in [4.69, 9.17) is 0 Å². The van der Waals surface area contributed by atoms with Gasteiger partial charge in [-0.3, -0.25) is 0 Å². The van der Waals surface area contributed by atoms with Crippen LogP contribution in [0, 0.1) is 0 Å². The van der Waals surface area contributed by atoms with E-state index in [2.05, 4.69) is 10.3 Å². The third kappa shape index (κ3) is 1.34. The minimum absolute atomic E-state index is 0.287. The quantitative estimate of drug-likeness (QED) is 0.674.